The van der Waals surface area contributed by atoms with Gasteiger partial charge in [-0.1, -0.05) is 97.1 Å². The Labute approximate surface area is 499 Å². The summed E-state index contributed by atoms with van der Waals surface area (Å²) in [5.74, 6) is 2.56. The number of carbonyl (C=O) groups excluding carboxylic acids is 2. The number of hydrogen-bond donors (Lipinski definition) is 3. The number of carboxylic acid groups (broad SMARTS) is 1. The maximum Gasteiger partial charge on any atom is 0.337 e. The number of ether oxygens (including phenoxy) is 4. The highest BCUT2D eigenvalue weighted by molar-refractivity contribution is 5.87. The van der Waals surface area contributed by atoms with Crippen LogP contribution in [0.5, 0.6) is 23.0 Å². The molecule has 3 N–H and O–H groups in total. The average Bonchev–Trinajstić information content (AvgIpc) is 3.93. The molecule has 2 aliphatic carbocycles. The van der Waals surface area contributed by atoms with Crippen molar-refractivity contribution in [3.05, 3.63) is 224 Å². The molecular weight excluding hydrogens is 1060 g/mol. The smallest absolute Gasteiger partial charge is 0.337 e. The lowest BCUT2D eigenvalue weighted by atomic mass is 9.97. The lowest BCUT2D eigenvalue weighted by molar-refractivity contribution is -0.117. The Morgan fingerprint density at radius 3 is 1.44 bits per heavy atom. The predicted molar refractivity (Wildman–Crippen MR) is 331 cm³/mol. The molecule has 85 heavy (non-hydrogen) atoms. The SMILES string of the molecule is CC(=O)CCCNCc1c(OCc2cncc(C#N)c2)cc(OCc2cccc(-c3ccccc3)c2C)c2c1CCC2.CC(=O)CCCNCc1c(OCc2cncc(C(=O)O)c2)cc(OCc2cccc(-c3ccccc3)c2C)c2c1CCC2. The number of nitrogens with zero attached hydrogens (tertiary/aromatic N) is 3. The average molecular weight is 1140 g/mol. The van der Waals surface area contributed by atoms with Gasteiger partial charge in [0.25, 0.3) is 0 Å². The third-order valence-electron chi connectivity index (χ3n) is 15.8. The number of aromatic carboxylic acids is 1. The largest absolute Gasteiger partial charge is 0.488 e. The maximum absolute atomic E-state index is 11.5. The van der Waals surface area contributed by atoms with Crippen LogP contribution in [0.25, 0.3) is 22.3 Å². The molecule has 2 aromatic heterocycles. The Morgan fingerprint density at radius 2 is 0.976 bits per heavy atom. The van der Waals surface area contributed by atoms with Crippen LogP contribution in [0.4, 0.5) is 0 Å². The summed E-state index contributed by atoms with van der Waals surface area (Å²) in [7, 11) is 0. The Balaban J connectivity index is 0.000000204. The van der Waals surface area contributed by atoms with Gasteiger partial charge >= 0.3 is 5.97 Å². The Hall–Kier alpha value is -8.96. The van der Waals surface area contributed by atoms with E-state index >= 15 is 0 Å². The van der Waals surface area contributed by atoms with E-state index in [1.165, 1.54) is 61.8 Å². The predicted octanol–water partition coefficient (Wildman–Crippen LogP) is 13.9. The van der Waals surface area contributed by atoms with Gasteiger partial charge in [0.15, 0.2) is 0 Å². The molecular formula is C72H75N5O8. The normalized spacial score (nSPS) is 12.1. The molecule has 0 radical (unpaired) electrons. The van der Waals surface area contributed by atoms with Crippen molar-refractivity contribution in [1.29, 1.82) is 5.26 Å². The molecule has 0 unspecified atom stereocenters. The van der Waals surface area contributed by atoms with E-state index in [-0.39, 0.29) is 23.7 Å². The van der Waals surface area contributed by atoms with Gasteiger partial charge in [0.1, 0.15) is 67.1 Å². The second kappa shape index (κ2) is 30.0. The summed E-state index contributed by atoms with van der Waals surface area (Å²) in [4.78, 5) is 42.5. The van der Waals surface area contributed by atoms with E-state index < -0.39 is 5.97 Å². The topological polar surface area (TPSA) is 182 Å². The fourth-order valence-corrected chi connectivity index (χ4v) is 11.3. The van der Waals surface area contributed by atoms with Gasteiger partial charge in [-0.25, -0.2) is 4.79 Å². The lowest BCUT2D eigenvalue weighted by Gasteiger charge is -2.20. The molecule has 0 bridgehead atoms. The summed E-state index contributed by atoms with van der Waals surface area (Å²) in [5, 5.41) is 25.7. The second-order valence-electron chi connectivity index (χ2n) is 21.9. The standard InChI is InChI=1S/C36H37N3O3.C36H38N2O5/c1-25(40)9-8-16-38-22-34-32-14-7-15-33(32)35(18-36(34)41-23-28-17-27(19-37)20-39-21-28)42-24-30-12-6-13-31(26(30)2)29-10-4-3-5-11-29;1-24(39)9-8-16-37-21-33-31-14-7-15-32(31)34(18-35(33)42-22-26-17-29(36(40)41)20-38-19-26)43-23-28-12-6-13-30(25(28)2)27-10-4-3-5-11-27/h3-6,10-13,17-18,20-21,38H,7-9,14-16,22-24H2,1-2H3;3-6,10-13,17-20,37H,7-9,14-16,21-23H2,1-2H3,(H,40,41). The molecule has 10 rings (SSSR count). The van der Waals surface area contributed by atoms with Gasteiger partial charge in [-0.15, -0.1) is 0 Å². The Morgan fingerprint density at radius 1 is 0.529 bits per heavy atom. The molecule has 0 saturated carbocycles. The Bertz CT molecular complexity index is 3670. The molecule has 0 spiro atoms. The highest BCUT2D eigenvalue weighted by Gasteiger charge is 2.26. The highest BCUT2D eigenvalue weighted by atomic mass is 16.5. The van der Waals surface area contributed by atoms with Gasteiger partial charge < -0.3 is 44.3 Å². The fourth-order valence-electron chi connectivity index (χ4n) is 11.3. The number of fused-ring (bicyclic) bond motifs is 2. The molecule has 6 aromatic carbocycles. The lowest BCUT2D eigenvalue weighted by Crippen LogP contribution is -2.18. The van der Waals surface area contributed by atoms with Gasteiger partial charge in [-0.2, -0.15) is 5.26 Å². The molecule has 2 aliphatic rings. The first kappa shape index (κ1) is 60.6. The van der Waals surface area contributed by atoms with Crippen molar-refractivity contribution in [3.8, 4) is 51.3 Å². The third-order valence-corrected chi connectivity index (χ3v) is 15.8. The number of nitrogens with one attached hydrogen (secondary N) is 2. The second-order valence-corrected chi connectivity index (χ2v) is 21.9. The van der Waals surface area contributed by atoms with Crippen LogP contribution < -0.4 is 29.6 Å². The summed E-state index contributed by atoms with van der Waals surface area (Å²) < 4.78 is 25.9. The Kier molecular flexibility index (Phi) is 21.4. The number of pyridine rings is 2. The van der Waals surface area contributed by atoms with Crippen molar-refractivity contribution in [2.45, 2.75) is 131 Å². The molecule has 0 amide bonds. The van der Waals surface area contributed by atoms with Crippen molar-refractivity contribution < 1.29 is 38.4 Å². The van der Waals surface area contributed by atoms with Crippen LogP contribution in [-0.2, 0) is 74.8 Å². The van der Waals surface area contributed by atoms with Crippen LogP contribution in [0.1, 0.15) is 135 Å². The van der Waals surface area contributed by atoms with E-state index in [2.05, 4.69) is 125 Å². The minimum absolute atomic E-state index is 0.125. The molecule has 8 aromatic rings. The van der Waals surface area contributed by atoms with E-state index in [1.54, 1.807) is 44.6 Å². The van der Waals surface area contributed by atoms with Crippen LogP contribution in [0.2, 0.25) is 0 Å². The number of hydrogen-bond acceptors (Lipinski definition) is 12. The zero-order chi connectivity index (χ0) is 59.5. The minimum Gasteiger partial charge on any atom is -0.488 e. The van der Waals surface area contributed by atoms with Crippen molar-refractivity contribution in [3.63, 3.8) is 0 Å². The van der Waals surface area contributed by atoms with Gasteiger partial charge in [0, 0.05) is 85.1 Å². The molecule has 0 aliphatic heterocycles. The van der Waals surface area contributed by atoms with Crippen molar-refractivity contribution >= 4 is 17.5 Å². The number of carboxylic acids is 1. The van der Waals surface area contributed by atoms with E-state index in [9.17, 15) is 24.8 Å². The van der Waals surface area contributed by atoms with Crippen LogP contribution in [0.15, 0.2) is 146 Å². The number of Topliss-reactive ketones (excluding diaryl/α,β-unsaturated/α-hetero) is 2. The number of rotatable bonds is 27. The molecule has 436 valence electrons. The van der Waals surface area contributed by atoms with Crippen molar-refractivity contribution in [2.24, 2.45) is 0 Å². The summed E-state index contributed by atoms with van der Waals surface area (Å²) in [6.45, 7) is 11.7. The van der Waals surface area contributed by atoms with E-state index in [1.807, 2.05) is 24.3 Å². The quantitative estimate of drug-likeness (QED) is 0.0414. The number of carbonyl (C=O) groups is 3. The third kappa shape index (κ3) is 16.2. The van der Waals surface area contributed by atoms with Gasteiger partial charge in [0.2, 0.25) is 0 Å². The van der Waals surface area contributed by atoms with Crippen LogP contribution >= 0.6 is 0 Å². The van der Waals surface area contributed by atoms with Gasteiger partial charge in [0.05, 0.1) is 11.1 Å². The van der Waals surface area contributed by atoms with Crippen LogP contribution in [0.3, 0.4) is 0 Å². The molecule has 0 fully saturated rings. The van der Waals surface area contributed by atoms with E-state index in [4.69, 9.17) is 18.9 Å². The minimum atomic E-state index is -1.02. The summed E-state index contributed by atoms with van der Waals surface area (Å²) >= 11 is 0. The van der Waals surface area contributed by atoms with Crippen molar-refractivity contribution in [2.75, 3.05) is 13.1 Å². The van der Waals surface area contributed by atoms with Gasteiger partial charge in [-0.05, 0) is 171 Å². The first-order valence-electron chi connectivity index (χ1n) is 29.5. The van der Waals surface area contributed by atoms with Crippen LogP contribution in [-0.4, -0.2) is 45.7 Å². The first-order chi connectivity index (χ1) is 41.4. The maximum atomic E-state index is 11.5. The van der Waals surface area contributed by atoms with Gasteiger partial charge in [-0.3, -0.25) is 9.97 Å². The highest BCUT2D eigenvalue weighted by Crippen LogP contribution is 2.42. The van der Waals surface area contributed by atoms with E-state index in [0.717, 1.165) is 110 Å². The summed E-state index contributed by atoms with van der Waals surface area (Å²) in [5.41, 5.74) is 18.9. The summed E-state index contributed by atoms with van der Waals surface area (Å²) in [6, 6.07) is 43.1. The van der Waals surface area contributed by atoms with E-state index in [0.29, 0.717) is 62.6 Å². The van der Waals surface area contributed by atoms with Crippen LogP contribution in [0, 0.1) is 25.2 Å². The summed E-state index contributed by atoms with van der Waals surface area (Å²) in [6.07, 6.45) is 14.9. The monoisotopic (exact) mass is 1140 g/mol. The fraction of sp³-hybridized carbons (Fsp3) is 0.306. The number of nitriles is 1. The number of aromatic nitrogens is 2. The molecule has 0 saturated heterocycles. The molecule has 13 nitrogen and oxygen atoms in total. The molecule has 2 heterocycles. The molecule has 0 atom stereocenters. The number of benzene rings is 6. The zero-order valence-electron chi connectivity index (χ0n) is 49.2. The van der Waals surface area contributed by atoms with Crippen molar-refractivity contribution in [1.82, 2.24) is 20.6 Å². The zero-order valence-corrected chi connectivity index (χ0v) is 49.2. The number of ketones is 2. The molecule has 13 heteroatoms. The first-order valence-corrected chi connectivity index (χ1v) is 29.5.